The maximum absolute atomic E-state index is 12.7. The predicted octanol–water partition coefficient (Wildman–Crippen LogP) is 5.20. The van der Waals surface area contributed by atoms with Gasteiger partial charge in [0, 0.05) is 23.7 Å². The van der Waals surface area contributed by atoms with E-state index >= 15 is 0 Å². The van der Waals surface area contributed by atoms with Crippen LogP contribution in [0.1, 0.15) is 36.7 Å². The first-order valence-corrected chi connectivity index (χ1v) is 8.87. The van der Waals surface area contributed by atoms with Crippen LogP contribution in [0.3, 0.4) is 0 Å². The van der Waals surface area contributed by atoms with Gasteiger partial charge in [0.2, 0.25) is 0 Å². The molecule has 9 heteroatoms. The van der Waals surface area contributed by atoms with Crippen molar-refractivity contribution in [1.29, 1.82) is 0 Å². The summed E-state index contributed by atoms with van der Waals surface area (Å²) < 4.78 is 43.4. The standard InChI is InChI=1S/C20H19F3N4O2/c1-12(2)17-26-18(29-27-17)14-6-8-16(9-7-14)25-19(28)24-11-13-4-3-5-15(10-13)20(21,22)23/h3-10,12H,11H2,1-2H3,(H2,24,25,28). The lowest BCUT2D eigenvalue weighted by Gasteiger charge is -2.10. The molecule has 29 heavy (non-hydrogen) atoms. The van der Waals surface area contributed by atoms with Crippen LogP contribution in [0.15, 0.2) is 53.1 Å². The summed E-state index contributed by atoms with van der Waals surface area (Å²) in [6, 6.07) is 11.1. The van der Waals surface area contributed by atoms with Gasteiger partial charge in [-0.05, 0) is 42.0 Å². The molecule has 152 valence electrons. The third kappa shape index (κ3) is 5.34. The van der Waals surface area contributed by atoms with E-state index in [0.717, 1.165) is 12.1 Å². The first kappa shape index (κ1) is 20.4. The number of carbonyl (C=O) groups excluding carboxylic acids is 1. The number of rotatable bonds is 5. The van der Waals surface area contributed by atoms with Crippen LogP contribution < -0.4 is 10.6 Å². The second-order valence-electron chi connectivity index (χ2n) is 6.70. The molecule has 2 amide bonds. The van der Waals surface area contributed by atoms with E-state index in [0.29, 0.717) is 28.5 Å². The summed E-state index contributed by atoms with van der Waals surface area (Å²) in [7, 11) is 0. The molecular formula is C20H19F3N4O2. The van der Waals surface area contributed by atoms with Crippen molar-refractivity contribution in [3.63, 3.8) is 0 Å². The predicted molar refractivity (Wildman–Crippen MR) is 101 cm³/mol. The molecule has 2 N–H and O–H groups in total. The van der Waals surface area contributed by atoms with E-state index in [9.17, 15) is 18.0 Å². The molecule has 0 radical (unpaired) electrons. The normalized spacial score (nSPS) is 11.5. The number of aromatic nitrogens is 2. The molecule has 0 bridgehead atoms. The monoisotopic (exact) mass is 404 g/mol. The van der Waals surface area contributed by atoms with Crippen molar-refractivity contribution in [2.45, 2.75) is 32.5 Å². The summed E-state index contributed by atoms with van der Waals surface area (Å²) in [6.45, 7) is 3.88. The van der Waals surface area contributed by atoms with Crippen LogP contribution in [0.2, 0.25) is 0 Å². The fourth-order valence-corrected chi connectivity index (χ4v) is 2.50. The van der Waals surface area contributed by atoms with Crippen molar-refractivity contribution in [1.82, 2.24) is 15.5 Å². The van der Waals surface area contributed by atoms with Gasteiger partial charge in [-0.2, -0.15) is 18.2 Å². The van der Waals surface area contributed by atoms with E-state index in [1.54, 1.807) is 24.3 Å². The third-order valence-corrected chi connectivity index (χ3v) is 4.06. The topological polar surface area (TPSA) is 80.0 Å². The van der Waals surface area contributed by atoms with Gasteiger partial charge in [0.25, 0.3) is 5.89 Å². The summed E-state index contributed by atoms with van der Waals surface area (Å²) >= 11 is 0. The number of hydrogen-bond acceptors (Lipinski definition) is 4. The van der Waals surface area contributed by atoms with Gasteiger partial charge in [0.05, 0.1) is 5.56 Å². The second kappa shape index (κ2) is 8.34. The van der Waals surface area contributed by atoms with Crippen LogP contribution in [-0.2, 0) is 12.7 Å². The van der Waals surface area contributed by atoms with E-state index in [1.807, 2.05) is 13.8 Å². The highest BCUT2D eigenvalue weighted by Crippen LogP contribution is 2.29. The van der Waals surface area contributed by atoms with Gasteiger partial charge in [-0.15, -0.1) is 0 Å². The number of alkyl halides is 3. The Morgan fingerprint density at radius 1 is 1.14 bits per heavy atom. The zero-order valence-electron chi connectivity index (χ0n) is 15.7. The lowest BCUT2D eigenvalue weighted by molar-refractivity contribution is -0.137. The molecular weight excluding hydrogens is 385 g/mol. The molecule has 0 spiro atoms. The number of anilines is 1. The van der Waals surface area contributed by atoms with Gasteiger partial charge < -0.3 is 15.2 Å². The average Bonchev–Trinajstić information content (AvgIpc) is 3.17. The van der Waals surface area contributed by atoms with Crippen LogP contribution in [-0.4, -0.2) is 16.2 Å². The van der Waals surface area contributed by atoms with Crippen LogP contribution in [0.5, 0.6) is 0 Å². The van der Waals surface area contributed by atoms with E-state index in [4.69, 9.17) is 4.52 Å². The molecule has 3 aromatic rings. The number of benzene rings is 2. The molecule has 1 aromatic heterocycles. The zero-order chi connectivity index (χ0) is 21.0. The van der Waals surface area contributed by atoms with Gasteiger partial charge >= 0.3 is 12.2 Å². The van der Waals surface area contributed by atoms with Gasteiger partial charge in [0.15, 0.2) is 5.82 Å². The minimum atomic E-state index is -4.42. The van der Waals surface area contributed by atoms with Gasteiger partial charge in [-0.25, -0.2) is 4.79 Å². The minimum Gasteiger partial charge on any atom is -0.334 e. The van der Waals surface area contributed by atoms with Gasteiger partial charge in [0.1, 0.15) is 0 Å². The minimum absolute atomic E-state index is 0.0339. The molecule has 0 aliphatic carbocycles. The molecule has 0 aliphatic heterocycles. The van der Waals surface area contributed by atoms with Crippen molar-refractivity contribution in [2.75, 3.05) is 5.32 Å². The number of urea groups is 1. The number of amides is 2. The summed E-state index contributed by atoms with van der Waals surface area (Å²) in [5.41, 5.74) is 0.815. The molecule has 0 atom stereocenters. The molecule has 1 heterocycles. The molecule has 2 aromatic carbocycles. The van der Waals surface area contributed by atoms with Crippen LogP contribution in [0, 0.1) is 0 Å². The third-order valence-electron chi connectivity index (χ3n) is 4.06. The summed E-state index contributed by atoms with van der Waals surface area (Å²) in [5.74, 6) is 1.14. The number of carbonyl (C=O) groups is 1. The van der Waals surface area contributed by atoms with Crippen molar-refractivity contribution in [3.8, 4) is 11.5 Å². The van der Waals surface area contributed by atoms with Crippen molar-refractivity contribution in [3.05, 3.63) is 65.5 Å². The number of halogens is 3. The Kier molecular flexibility index (Phi) is 5.86. The lowest BCUT2D eigenvalue weighted by Crippen LogP contribution is -2.28. The highest BCUT2D eigenvalue weighted by molar-refractivity contribution is 5.89. The zero-order valence-corrected chi connectivity index (χ0v) is 15.7. The van der Waals surface area contributed by atoms with Crippen molar-refractivity contribution < 1.29 is 22.5 Å². The Labute approximate surface area is 165 Å². The number of hydrogen-bond donors (Lipinski definition) is 2. The number of nitrogens with zero attached hydrogens (tertiary/aromatic N) is 2. The first-order valence-electron chi connectivity index (χ1n) is 8.87. The van der Waals surface area contributed by atoms with Crippen LogP contribution >= 0.6 is 0 Å². The molecule has 6 nitrogen and oxygen atoms in total. The fraction of sp³-hybridized carbons (Fsp3) is 0.250. The Morgan fingerprint density at radius 3 is 2.48 bits per heavy atom. The molecule has 0 aliphatic rings. The smallest absolute Gasteiger partial charge is 0.334 e. The quantitative estimate of drug-likeness (QED) is 0.613. The fourth-order valence-electron chi connectivity index (χ4n) is 2.50. The number of nitrogens with one attached hydrogen (secondary N) is 2. The highest BCUT2D eigenvalue weighted by Gasteiger charge is 2.30. The molecule has 0 fully saturated rings. The highest BCUT2D eigenvalue weighted by atomic mass is 19.4. The van der Waals surface area contributed by atoms with Gasteiger partial charge in [-0.1, -0.05) is 31.1 Å². The molecule has 3 rings (SSSR count). The lowest BCUT2D eigenvalue weighted by atomic mass is 10.1. The Hall–Kier alpha value is -3.36. The van der Waals surface area contributed by atoms with Crippen molar-refractivity contribution in [2.24, 2.45) is 0 Å². The largest absolute Gasteiger partial charge is 0.416 e. The Balaban J connectivity index is 1.57. The average molecular weight is 404 g/mol. The van der Waals surface area contributed by atoms with E-state index < -0.39 is 17.8 Å². The van der Waals surface area contributed by atoms with Crippen LogP contribution in [0.4, 0.5) is 23.7 Å². The van der Waals surface area contributed by atoms with Crippen molar-refractivity contribution >= 4 is 11.7 Å². The molecule has 0 unspecified atom stereocenters. The van der Waals surface area contributed by atoms with Crippen LogP contribution in [0.25, 0.3) is 11.5 Å². The second-order valence-corrected chi connectivity index (χ2v) is 6.70. The maximum Gasteiger partial charge on any atom is 0.416 e. The Morgan fingerprint density at radius 2 is 1.86 bits per heavy atom. The first-order chi connectivity index (χ1) is 13.7. The summed E-state index contributed by atoms with van der Waals surface area (Å²) in [5, 5.41) is 9.05. The van der Waals surface area contributed by atoms with E-state index in [-0.39, 0.29) is 12.5 Å². The van der Waals surface area contributed by atoms with Gasteiger partial charge in [-0.3, -0.25) is 0 Å². The Bertz CT molecular complexity index is 982. The SMILES string of the molecule is CC(C)c1noc(-c2ccc(NC(=O)NCc3cccc(C(F)(F)F)c3)cc2)n1. The summed E-state index contributed by atoms with van der Waals surface area (Å²) in [6.07, 6.45) is -4.42. The van der Waals surface area contributed by atoms with E-state index in [2.05, 4.69) is 20.8 Å². The maximum atomic E-state index is 12.7. The van der Waals surface area contributed by atoms with E-state index in [1.165, 1.54) is 12.1 Å². The molecule has 0 saturated carbocycles. The summed E-state index contributed by atoms with van der Waals surface area (Å²) in [4.78, 5) is 16.3. The molecule has 0 saturated heterocycles.